The van der Waals surface area contributed by atoms with E-state index in [0.717, 1.165) is 6.54 Å². The van der Waals surface area contributed by atoms with Gasteiger partial charge in [-0.2, -0.15) is 0 Å². The second-order valence-electron chi connectivity index (χ2n) is 4.62. The second-order valence-corrected chi connectivity index (χ2v) is 4.62. The van der Waals surface area contributed by atoms with Crippen molar-refractivity contribution in [2.45, 2.75) is 33.7 Å². The van der Waals surface area contributed by atoms with Gasteiger partial charge in [0.25, 0.3) is 0 Å². The van der Waals surface area contributed by atoms with E-state index in [9.17, 15) is 0 Å². The Kier molecular flexibility index (Phi) is 4.51. The Bertz CT molecular complexity index is 358. The van der Waals surface area contributed by atoms with Gasteiger partial charge in [-0.05, 0) is 56.6 Å². The summed E-state index contributed by atoms with van der Waals surface area (Å²) in [6.45, 7) is 10.4. The first-order chi connectivity index (χ1) is 7.51. The minimum atomic E-state index is 0.337. The summed E-state index contributed by atoms with van der Waals surface area (Å²) in [7, 11) is 2.13. The van der Waals surface area contributed by atoms with Crippen LogP contribution in [-0.2, 0) is 0 Å². The Morgan fingerprint density at radius 1 is 1.12 bits per heavy atom. The molecule has 0 radical (unpaired) electrons. The topological polar surface area (TPSA) is 29.3 Å². The number of benzene rings is 1. The van der Waals surface area contributed by atoms with Gasteiger partial charge >= 0.3 is 0 Å². The fourth-order valence-corrected chi connectivity index (χ4v) is 2.11. The zero-order chi connectivity index (χ0) is 12.3. The molecule has 1 rings (SSSR count). The highest BCUT2D eigenvalue weighted by atomic mass is 15.1. The quantitative estimate of drug-likeness (QED) is 0.845. The molecule has 2 N–H and O–H groups in total. The van der Waals surface area contributed by atoms with Gasteiger partial charge in [-0.1, -0.05) is 19.1 Å². The molecule has 0 heterocycles. The summed E-state index contributed by atoms with van der Waals surface area (Å²) < 4.78 is 0. The maximum Gasteiger partial charge on any atom is 0.0470 e. The average Bonchev–Trinajstić information content (AvgIpc) is 2.26. The number of likely N-dealkylation sites (N-methyl/N-ethyl adjacent to an activating group) is 1. The molecule has 0 aliphatic rings. The fraction of sp³-hybridized carbons (Fsp3) is 0.571. The number of hydrogen-bond acceptors (Lipinski definition) is 2. The van der Waals surface area contributed by atoms with Gasteiger partial charge in [0.05, 0.1) is 0 Å². The predicted octanol–water partition coefficient (Wildman–Crippen LogP) is 2.56. The fourth-order valence-electron chi connectivity index (χ4n) is 2.11. The van der Waals surface area contributed by atoms with Crippen LogP contribution in [0.1, 0.15) is 35.2 Å². The van der Waals surface area contributed by atoms with Gasteiger partial charge in [0.15, 0.2) is 0 Å². The van der Waals surface area contributed by atoms with Crippen molar-refractivity contribution in [3.63, 3.8) is 0 Å². The smallest absolute Gasteiger partial charge is 0.0470 e. The Balaban J connectivity index is 3.15. The highest BCUT2D eigenvalue weighted by Gasteiger charge is 2.16. The minimum Gasteiger partial charge on any atom is -0.329 e. The van der Waals surface area contributed by atoms with Crippen molar-refractivity contribution in [2.75, 3.05) is 20.1 Å². The van der Waals surface area contributed by atoms with Crippen LogP contribution in [0.2, 0.25) is 0 Å². The van der Waals surface area contributed by atoms with Gasteiger partial charge in [-0.15, -0.1) is 0 Å². The van der Waals surface area contributed by atoms with E-state index in [2.05, 4.69) is 51.8 Å². The Morgan fingerprint density at radius 3 is 2.19 bits per heavy atom. The van der Waals surface area contributed by atoms with E-state index >= 15 is 0 Å². The summed E-state index contributed by atoms with van der Waals surface area (Å²) in [6.07, 6.45) is 0. The largest absolute Gasteiger partial charge is 0.329 e. The Hall–Kier alpha value is -0.860. The molecule has 0 aliphatic carbocycles. The summed E-state index contributed by atoms with van der Waals surface area (Å²) in [5, 5.41) is 0. The van der Waals surface area contributed by atoms with Crippen LogP contribution in [-0.4, -0.2) is 25.0 Å². The van der Waals surface area contributed by atoms with E-state index in [-0.39, 0.29) is 0 Å². The van der Waals surface area contributed by atoms with Crippen molar-refractivity contribution < 1.29 is 0 Å². The Labute approximate surface area is 99.5 Å². The van der Waals surface area contributed by atoms with Crippen LogP contribution < -0.4 is 5.73 Å². The molecule has 16 heavy (non-hydrogen) atoms. The highest BCUT2D eigenvalue weighted by molar-refractivity contribution is 5.38. The zero-order valence-corrected chi connectivity index (χ0v) is 11.2. The minimum absolute atomic E-state index is 0.337. The molecule has 1 aromatic rings. The lowest BCUT2D eigenvalue weighted by Crippen LogP contribution is -2.31. The van der Waals surface area contributed by atoms with Crippen LogP contribution in [0.4, 0.5) is 0 Å². The van der Waals surface area contributed by atoms with Gasteiger partial charge < -0.3 is 5.73 Å². The number of nitrogens with two attached hydrogens (primary N) is 1. The molecule has 90 valence electrons. The first-order valence-corrected chi connectivity index (χ1v) is 5.99. The molecule has 2 heteroatoms. The highest BCUT2D eigenvalue weighted by Crippen LogP contribution is 2.24. The molecule has 0 saturated heterocycles. The number of aryl methyl sites for hydroxylation is 3. The average molecular weight is 220 g/mol. The number of hydrogen-bond donors (Lipinski definition) is 1. The predicted molar refractivity (Wildman–Crippen MR) is 70.8 cm³/mol. The van der Waals surface area contributed by atoms with Gasteiger partial charge in [0, 0.05) is 12.6 Å². The van der Waals surface area contributed by atoms with Crippen LogP contribution >= 0.6 is 0 Å². The maximum absolute atomic E-state index is 5.90. The van der Waals surface area contributed by atoms with Crippen LogP contribution in [0.15, 0.2) is 12.1 Å². The van der Waals surface area contributed by atoms with Crippen molar-refractivity contribution in [3.05, 3.63) is 34.4 Å². The van der Waals surface area contributed by atoms with Crippen molar-refractivity contribution >= 4 is 0 Å². The molecular formula is C14H24N2. The van der Waals surface area contributed by atoms with Gasteiger partial charge in [-0.25, -0.2) is 0 Å². The SMILES string of the molecule is CCN(C)C(CN)c1cc(C)c(C)cc1C. The molecule has 0 aliphatic heterocycles. The van der Waals surface area contributed by atoms with Crippen LogP contribution in [0, 0.1) is 20.8 Å². The third-order valence-electron chi connectivity index (χ3n) is 3.50. The molecule has 0 amide bonds. The molecule has 0 bridgehead atoms. The monoisotopic (exact) mass is 220 g/mol. The van der Waals surface area contributed by atoms with Crippen molar-refractivity contribution in [2.24, 2.45) is 5.73 Å². The van der Waals surface area contributed by atoms with Gasteiger partial charge in [-0.3, -0.25) is 4.90 Å². The van der Waals surface area contributed by atoms with E-state index in [1.807, 2.05) is 0 Å². The lowest BCUT2D eigenvalue weighted by molar-refractivity contribution is 0.262. The van der Waals surface area contributed by atoms with Crippen LogP contribution in [0.5, 0.6) is 0 Å². The first kappa shape index (κ1) is 13.2. The first-order valence-electron chi connectivity index (χ1n) is 5.99. The van der Waals surface area contributed by atoms with Crippen LogP contribution in [0.3, 0.4) is 0 Å². The van der Waals surface area contributed by atoms with Gasteiger partial charge in [0.1, 0.15) is 0 Å². The lowest BCUT2D eigenvalue weighted by Gasteiger charge is -2.28. The lowest BCUT2D eigenvalue weighted by atomic mass is 9.95. The Morgan fingerprint density at radius 2 is 1.69 bits per heavy atom. The molecule has 0 fully saturated rings. The summed E-state index contributed by atoms with van der Waals surface area (Å²) >= 11 is 0. The third-order valence-corrected chi connectivity index (χ3v) is 3.50. The van der Waals surface area contributed by atoms with Crippen molar-refractivity contribution in [1.82, 2.24) is 4.90 Å². The van der Waals surface area contributed by atoms with Crippen LogP contribution in [0.25, 0.3) is 0 Å². The second kappa shape index (κ2) is 5.46. The number of nitrogens with zero attached hydrogens (tertiary/aromatic N) is 1. The van der Waals surface area contributed by atoms with E-state index in [1.165, 1.54) is 22.3 Å². The molecule has 1 unspecified atom stereocenters. The molecule has 0 saturated carbocycles. The molecule has 0 spiro atoms. The summed E-state index contributed by atoms with van der Waals surface area (Å²) in [5.41, 5.74) is 11.3. The van der Waals surface area contributed by atoms with E-state index in [0.29, 0.717) is 12.6 Å². The number of rotatable bonds is 4. The molecule has 0 aromatic heterocycles. The summed E-state index contributed by atoms with van der Waals surface area (Å²) in [6, 6.07) is 4.88. The normalized spacial score (nSPS) is 13.2. The zero-order valence-electron chi connectivity index (χ0n) is 11.2. The third kappa shape index (κ3) is 2.63. The molecular weight excluding hydrogens is 196 g/mol. The molecule has 1 aromatic carbocycles. The maximum atomic E-state index is 5.90. The summed E-state index contributed by atoms with van der Waals surface area (Å²) in [5.74, 6) is 0. The van der Waals surface area contributed by atoms with E-state index in [4.69, 9.17) is 5.73 Å². The van der Waals surface area contributed by atoms with Crippen molar-refractivity contribution in [1.29, 1.82) is 0 Å². The van der Waals surface area contributed by atoms with E-state index in [1.54, 1.807) is 0 Å². The molecule has 2 nitrogen and oxygen atoms in total. The van der Waals surface area contributed by atoms with E-state index < -0.39 is 0 Å². The van der Waals surface area contributed by atoms with Gasteiger partial charge in [0.2, 0.25) is 0 Å². The summed E-state index contributed by atoms with van der Waals surface area (Å²) in [4.78, 5) is 2.30. The molecule has 1 atom stereocenters. The van der Waals surface area contributed by atoms with Crippen molar-refractivity contribution in [3.8, 4) is 0 Å². The standard InChI is InChI=1S/C14H24N2/c1-6-16(5)14(9-15)13-8-11(3)10(2)7-12(13)4/h7-8,14H,6,9,15H2,1-5H3.